The Bertz CT molecular complexity index is 455. The van der Waals surface area contributed by atoms with Crippen LogP contribution in [0.2, 0.25) is 0 Å². The molecule has 1 amide bonds. The average Bonchev–Trinajstić information content (AvgIpc) is 2.93. The molecule has 3 rings (SSSR count). The van der Waals surface area contributed by atoms with E-state index in [4.69, 9.17) is 0 Å². The lowest BCUT2D eigenvalue weighted by Crippen LogP contribution is -2.37. The standard InChI is InChI=1S/C14H18N2OS/c17-14(13-8-18-9-15-13)16-12-7-3-5-10-4-1-2-6-11(10)12/h3,5,7,13,15H,1-2,4,6,8-9H2,(H,16,17). The normalized spacial score (nSPS) is 22.6. The van der Waals surface area contributed by atoms with Gasteiger partial charge in [0.2, 0.25) is 5.91 Å². The van der Waals surface area contributed by atoms with Crippen LogP contribution in [0.4, 0.5) is 5.69 Å². The molecule has 0 saturated carbocycles. The van der Waals surface area contributed by atoms with Gasteiger partial charge in [-0.05, 0) is 42.9 Å². The lowest BCUT2D eigenvalue weighted by atomic mass is 9.90. The zero-order valence-corrected chi connectivity index (χ0v) is 11.2. The third kappa shape index (κ3) is 2.40. The van der Waals surface area contributed by atoms with Gasteiger partial charge in [0.1, 0.15) is 0 Å². The van der Waals surface area contributed by atoms with E-state index in [1.807, 2.05) is 6.07 Å². The molecule has 4 heteroatoms. The third-order valence-corrected chi connectivity index (χ3v) is 4.63. The van der Waals surface area contributed by atoms with Crippen molar-refractivity contribution in [3.8, 4) is 0 Å². The molecule has 0 spiro atoms. The van der Waals surface area contributed by atoms with Crippen molar-refractivity contribution >= 4 is 23.4 Å². The highest BCUT2D eigenvalue weighted by Gasteiger charge is 2.23. The monoisotopic (exact) mass is 262 g/mol. The lowest BCUT2D eigenvalue weighted by Gasteiger charge is -2.20. The summed E-state index contributed by atoms with van der Waals surface area (Å²) in [6.07, 6.45) is 4.75. The molecule has 1 unspecified atom stereocenters. The van der Waals surface area contributed by atoms with Crippen LogP contribution in [-0.4, -0.2) is 23.6 Å². The van der Waals surface area contributed by atoms with Crippen LogP contribution in [-0.2, 0) is 17.6 Å². The molecule has 1 aromatic rings. The van der Waals surface area contributed by atoms with E-state index >= 15 is 0 Å². The number of nitrogens with one attached hydrogen (secondary N) is 2. The molecule has 1 aromatic carbocycles. The zero-order chi connectivity index (χ0) is 12.4. The number of aryl methyl sites for hydroxylation is 1. The van der Waals surface area contributed by atoms with Gasteiger partial charge >= 0.3 is 0 Å². The highest BCUT2D eigenvalue weighted by atomic mass is 32.2. The highest BCUT2D eigenvalue weighted by molar-refractivity contribution is 7.99. The van der Waals surface area contributed by atoms with Gasteiger partial charge in [0, 0.05) is 17.3 Å². The number of benzene rings is 1. The summed E-state index contributed by atoms with van der Waals surface area (Å²) < 4.78 is 0. The second kappa shape index (κ2) is 5.33. The van der Waals surface area contributed by atoms with Crippen molar-refractivity contribution in [2.75, 3.05) is 16.9 Å². The largest absolute Gasteiger partial charge is 0.324 e. The van der Waals surface area contributed by atoms with Crippen LogP contribution in [0.3, 0.4) is 0 Å². The van der Waals surface area contributed by atoms with E-state index in [9.17, 15) is 4.79 Å². The van der Waals surface area contributed by atoms with Crippen molar-refractivity contribution in [1.29, 1.82) is 0 Å². The van der Waals surface area contributed by atoms with Gasteiger partial charge in [0.05, 0.1) is 6.04 Å². The maximum absolute atomic E-state index is 12.1. The van der Waals surface area contributed by atoms with E-state index in [-0.39, 0.29) is 11.9 Å². The number of thioether (sulfide) groups is 1. The summed E-state index contributed by atoms with van der Waals surface area (Å²) in [7, 11) is 0. The quantitative estimate of drug-likeness (QED) is 0.858. The van der Waals surface area contributed by atoms with E-state index in [1.54, 1.807) is 11.8 Å². The first-order valence-electron chi connectivity index (χ1n) is 6.57. The summed E-state index contributed by atoms with van der Waals surface area (Å²) in [5, 5.41) is 6.30. The Balaban J connectivity index is 1.77. The number of fused-ring (bicyclic) bond motifs is 1. The molecule has 2 aliphatic rings. The van der Waals surface area contributed by atoms with E-state index in [2.05, 4.69) is 22.8 Å². The average molecular weight is 262 g/mol. The number of anilines is 1. The van der Waals surface area contributed by atoms with Gasteiger partial charge in [-0.15, -0.1) is 11.8 Å². The molecule has 1 aliphatic carbocycles. The molecule has 0 aromatic heterocycles. The van der Waals surface area contributed by atoms with Crippen LogP contribution in [0.1, 0.15) is 24.0 Å². The van der Waals surface area contributed by atoms with Crippen LogP contribution in [0.15, 0.2) is 18.2 Å². The van der Waals surface area contributed by atoms with Gasteiger partial charge in [0.15, 0.2) is 0 Å². The topological polar surface area (TPSA) is 41.1 Å². The number of hydrogen-bond acceptors (Lipinski definition) is 3. The van der Waals surface area contributed by atoms with Crippen molar-refractivity contribution in [3.63, 3.8) is 0 Å². The molecule has 3 nitrogen and oxygen atoms in total. The maximum atomic E-state index is 12.1. The molecular weight excluding hydrogens is 244 g/mol. The molecule has 1 atom stereocenters. The Morgan fingerprint density at radius 2 is 2.22 bits per heavy atom. The fourth-order valence-electron chi connectivity index (χ4n) is 2.68. The molecule has 96 valence electrons. The van der Waals surface area contributed by atoms with E-state index < -0.39 is 0 Å². The summed E-state index contributed by atoms with van der Waals surface area (Å²) in [4.78, 5) is 12.1. The van der Waals surface area contributed by atoms with E-state index in [1.165, 1.54) is 24.0 Å². The van der Waals surface area contributed by atoms with E-state index in [0.29, 0.717) is 0 Å². The van der Waals surface area contributed by atoms with Crippen LogP contribution in [0.5, 0.6) is 0 Å². The summed E-state index contributed by atoms with van der Waals surface area (Å²) in [6, 6.07) is 6.24. The molecule has 0 radical (unpaired) electrons. The molecule has 1 aliphatic heterocycles. The first kappa shape index (κ1) is 12.1. The molecular formula is C14H18N2OS. The fourth-order valence-corrected chi connectivity index (χ4v) is 3.62. The number of carbonyl (C=O) groups excluding carboxylic acids is 1. The molecule has 1 fully saturated rings. The van der Waals surface area contributed by atoms with Gasteiger partial charge in [0.25, 0.3) is 0 Å². The second-order valence-electron chi connectivity index (χ2n) is 4.91. The maximum Gasteiger partial charge on any atom is 0.242 e. The molecule has 2 N–H and O–H groups in total. The van der Waals surface area contributed by atoms with Crippen molar-refractivity contribution < 1.29 is 4.79 Å². The highest BCUT2D eigenvalue weighted by Crippen LogP contribution is 2.28. The predicted molar refractivity (Wildman–Crippen MR) is 76.0 cm³/mol. The summed E-state index contributed by atoms with van der Waals surface area (Å²) in [5.74, 6) is 1.87. The van der Waals surface area contributed by atoms with Gasteiger partial charge < -0.3 is 5.32 Å². The Labute approximate surface area is 112 Å². The van der Waals surface area contributed by atoms with Gasteiger partial charge in [-0.2, -0.15) is 0 Å². The van der Waals surface area contributed by atoms with Crippen molar-refractivity contribution in [1.82, 2.24) is 5.32 Å². The van der Waals surface area contributed by atoms with Crippen LogP contribution < -0.4 is 10.6 Å². The number of rotatable bonds is 2. The first-order valence-corrected chi connectivity index (χ1v) is 7.73. The van der Waals surface area contributed by atoms with Crippen LogP contribution in [0, 0.1) is 0 Å². The Kier molecular flexibility index (Phi) is 3.57. The summed E-state index contributed by atoms with van der Waals surface area (Å²) in [5.41, 5.74) is 3.78. The molecule has 0 bridgehead atoms. The van der Waals surface area contributed by atoms with Crippen molar-refractivity contribution in [3.05, 3.63) is 29.3 Å². The molecule has 18 heavy (non-hydrogen) atoms. The predicted octanol–water partition coefficient (Wildman–Crippen LogP) is 2.17. The summed E-state index contributed by atoms with van der Waals surface area (Å²) in [6.45, 7) is 0. The minimum Gasteiger partial charge on any atom is -0.324 e. The number of amides is 1. The smallest absolute Gasteiger partial charge is 0.242 e. The van der Waals surface area contributed by atoms with E-state index in [0.717, 1.165) is 30.2 Å². The minimum atomic E-state index is -0.0329. The zero-order valence-electron chi connectivity index (χ0n) is 10.4. The number of carbonyl (C=O) groups is 1. The Hall–Kier alpha value is -1.00. The first-order chi connectivity index (χ1) is 8.84. The lowest BCUT2D eigenvalue weighted by molar-refractivity contribution is -0.117. The van der Waals surface area contributed by atoms with Gasteiger partial charge in [-0.1, -0.05) is 12.1 Å². The molecule has 1 heterocycles. The third-order valence-electron chi connectivity index (χ3n) is 3.69. The van der Waals surface area contributed by atoms with Crippen molar-refractivity contribution in [2.45, 2.75) is 31.7 Å². The fraction of sp³-hybridized carbons (Fsp3) is 0.500. The van der Waals surface area contributed by atoms with Gasteiger partial charge in [-0.25, -0.2) is 0 Å². The minimum absolute atomic E-state index is 0.0329. The summed E-state index contributed by atoms with van der Waals surface area (Å²) >= 11 is 1.78. The van der Waals surface area contributed by atoms with Gasteiger partial charge in [-0.3, -0.25) is 10.1 Å². The number of hydrogen-bond donors (Lipinski definition) is 2. The van der Waals surface area contributed by atoms with Crippen LogP contribution in [0.25, 0.3) is 0 Å². The second-order valence-corrected chi connectivity index (χ2v) is 5.94. The molecule has 1 saturated heterocycles. The SMILES string of the molecule is O=C(Nc1cccc2c1CCCC2)C1CSCN1. The van der Waals surface area contributed by atoms with Crippen molar-refractivity contribution in [2.24, 2.45) is 0 Å². The van der Waals surface area contributed by atoms with Crippen LogP contribution >= 0.6 is 11.8 Å². The Morgan fingerprint density at radius 1 is 1.33 bits per heavy atom. The Morgan fingerprint density at radius 3 is 3.06 bits per heavy atom.